The van der Waals surface area contributed by atoms with E-state index in [1.165, 1.54) is 24.4 Å². The van der Waals surface area contributed by atoms with Gasteiger partial charge in [0.25, 0.3) is 0 Å². The molecule has 2 aromatic carbocycles. The second-order valence-electron chi connectivity index (χ2n) is 6.12. The Labute approximate surface area is 168 Å². The van der Waals surface area contributed by atoms with Crippen molar-refractivity contribution in [3.05, 3.63) is 59.2 Å². The number of hydrogen-bond acceptors (Lipinski definition) is 6. The lowest BCUT2D eigenvalue weighted by Gasteiger charge is -2.09. The van der Waals surface area contributed by atoms with Gasteiger partial charge in [-0.25, -0.2) is 4.98 Å². The van der Waals surface area contributed by atoms with Gasteiger partial charge < -0.3 is 9.47 Å². The Kier molecular flexibility index (Phi) is 6.17. The summed E-state index contributed by atoms with van der Waals surface area (Å²) in [5.74, 6) is 1.18. The summed E-state index contributed by atoms with van der Waals surface area (Å²) in [6.07, 6.45) is 0.925. The highest BCUT2D eigenvalue weighted by Crippen LogP contribution is 2.30. The molecule has 0 aliphatic carbocycles. The fourth-order valence-electron chi connectivity index (χ4n) is 2.85. The number of pyridine rings is 1. The Hall–Kier alpha value is -3.04. The van der Waals surface area contributed by atoms with E-state index < -0.39 is 0 Å². The van der Waals surface area contributed by atoms with Crippen molar-refractivity contribution in [1.82, 2.24) is 4.98 Å². The first-order chi connectivity index (χ1) is 13.6. The first-order valence-corrected chi connectivity index (χ1v) is 9.80. The van der Waals surface area contributed by atoms with Crippen molar-refractivity contribution in [2.75, 3.05) is 20.0 Å². The molecule has 0 amide bonds. The molecule has 0 saturated carbocycles. The molecule has 0 unspecified atom stereocenters. The zero-order valence-electron chi connectivity index (χ0n) is 16.0. The molecule has 0 bridgehead atoms. The van der Waals surface area contributed by atoms with Gasteiger partial charge in [-0.1, -0.05) is 24.8 Å². The molecule has 6 heteroatoms. The molecule has 0 radical (unpaired) electrons. The standard InChI is InChI=1S/C22H20N2O3S/c1-4-14-5-7-18-16(9-14)10-17(12-23)22(24-18)28-13-19(25)15-6-8-20(26-2)21(11-15)27-3/h5-11H,4,13H2,1-3H3. The average molecular weight is 392 g/mol. The topological polar surface area (TPSA) is 72.2 Å². The number of nitriles is 1. The van der Waals surface area contributed by atoms with Crippen LogP contribution in [0.5, 0.6) is 11.5 Å². The van der Waals surface area contributed by atoms with Crippen LogP contribution < -0.4 is 9.47 Å². The lowest BCUT2D eigenvalue weighted by atomic mass is 10.1. The predicted octanol–water partition coefficient (Wildman–Crippen LogP) is 4.66. The van der Waals surface area contributed by atoms with E-state index >= 15 is 0 Å². The Morgan fingerprint density at radius 1 is 1.11 bits per heavy atom. The van der Waals surface area contributed by atoms with Crippen molar-refractivity contribution >= 4 is 28.4 Å². The van der Waals surface area contributed by atoms with Crippen molar-refractivity contribution in [3.8, 4) is 17.6 Å². The predicted molar refractivity (Wildman–Crippen MR) is 110 cm³/mol. The monoisotopic (exact) mass is 392 g/mol. The van der Waals surface area contributed by atoms with Gasteiger partial charge in [-0.15, -0.1) is 0 Å². The number of benzene rings is 2. The molecule has 0 spiro atoms. The van der Waals surface area contributed by atoms with Gasteiger partial charge in [-0.3, -0.25) is 4.79 Å². The van der Waals surface area contributed by atoms with Crippen molar-refractivity contribution < 1.29 is 14.3 Å². The largest absolute Gasteiger partial charge is 0.493 e. The highest BCUT2D eigenvalue weighted by Gasteiger charge is 2.14. The Morgan fingerprint density at radius 2 is 1.89 bits per heavy atom. The number of nitrogens with zero attached hydrogens (tertiary/aromatic N) is 2. The van der Waals surface area contributed by atoms with E-state index in [-0.39, 0.29) is 11.5 Å². The molecule has 3 rings (SSSR count). The van der Waals surface area contributed by atoms with Gasteiger partial charge in [-0.05, 0) is 48.4 Å². The normalized spacial score (nSPS) is 10.5. The van der Waals surface area contributed by atoms with E-state index in [1.54, 1.807) is 25.3 Å². The lowest BCUT2D eigenvalue weighted by Crippen LogP contribution is -2.04. The summed E-state index contributed by atoms with van der Waals surface area (Å²) in [5, 5.41) is 11.0. The van der Waals surface area contributed by atoms with E-state index in [0.29, 0.717) is 27.7 Å². The van der Waals surface area contributed by atoms with Gasteiger partial charge in [0.15, 0.2) is 17.3 Å². The third kappa shape index (κ3) is 4.10. The number of ketones is 1. The summed E-state index contributed by atoms with van der Waals surface area (Å²) >= 11 is 1.27. The molecule has 0 atom stereocenters. The van der Waals surface area contributed by atoms with Gasteiger partial charge in [0.05, 0.1) is 31.1 Å². The molecule has 5 nitrogen and oxygen atoms in total. The van der Waals surface area contributed by atoms with E-state index in [2.05, 4.69) is 18.0 Å². The van der Waals surface area contributed by atoms with Crippen LogP contribution in [0.1, 0.15) is 28.4 Å². The van der Waals surface area contributed by atoms with Crippen LogP contribution in [-0.2, 0) is 6.42 Å². The summed E-state index contributed by atoms with van der Waals surface area (Å²) < 4.78 is 10.5. The molecular formula is C22H20N2O3S. The molecule has 28 heavy (non-hydrogen) atoms. The number of carbonyl (C=O) groups is 1. The number of carbonyl (C=O) groups excluding carboxylic acids is 1. The minimum absolute atomic E-state index is 0.0712. The van der Waals surface area contributed by atoms with Crippen LogP contribution in [0.25, 0.3) is 10.9 Å². The number of Topliss-reactive ketones (excluding diaryl/α,β-unsaturated/α-hetero) is 1. The van der Waals surface area contributed by atoms with E-state index in [1.807, 2.05) is 24.3 Å². The van der Waals surface area contributed by atoms with Crippen LogP contribution in [-0.4, -0.2) is 30.7 Å². The lowest BCUT2D eigenvalue weighted by molar-refractivity contribution is 0.102. The summed E-state index contributed by atoms with van der Waals surface area (Å²) in [6.45, 7) is 2.09. The summed E-state index contributed by atoms with van der Waals surface area (Å²) in [6, 6.07) is 15.1. The van der Waals surface area contributed by atoms with Crippen molar-refractivity contribution in [3.63, 3.8) is 0 Å². The fraction of sp³-hybridized carbons (Fsp3) is 0.227. The highest BCUT2D eigenvalue weighted by atomic mass is 32.2. The maximum absolute atomic E-state index is 12.6. The number of rotatable bonds is 7. The summed E-state index contributed by atoms with van der Waals surface area (Å²) in [4.78, 5) is 17.2. The first-order valence-electron chi connectivity index (χ1n) is 8.81. The average Bonchev–Trinajstić information content (AvgIpc) is 2.75. The number of ether oxygens (including phenoxy) is 2. The third-order valence-electron chi connectivity index (χ3n) is 4.42. The Morgan fingerprint density at radius 3 is 2.57 bits per heavy atom. The second kappa shape index (κ2) is 8.77. The molecule has 142 valence electrons. The fourth-order valence-corrected chi connectivity index (χ4v) is 3.70. The second-order valence-corrected chi connectivity index (χ2v) is 7.08. The van der Waals surface area contributed by atoms with E-state index in [9.17, 15) is 10.1 Å². The van der Waals surface area contributed by atoms with Gasteiger partial charge in [0.2, 0.25) is 0 Å². The van der Waals surface area contributed by atoms with Gasteiger partial charge in [0.1, 0.15) is 11.1 Å². The minimum Gasteiger partial charge on any atom is -0.493 e. The molecule has 1 aromatic heterocycles. The van der Waals surface area contributed by atoms with E-state index in [0.717, 1.165) is 17.3 Å². The van der Waals surface area contributed by atoms with Crippen molar-refractivity contribution in [2.45, 2.75) is 18.4 Å². The third-order valence-corrected chi connectivity index (χ3v) is 5.41. The quantitative estimate of drug-likeness (QED) is 0.430. The molecule has 1 heterocycles. The maximum Gasteiger partial charge on any atom is 0.173 e. The number of aromatic nitrogens is 1. The maximum atomic E-state index is 12.6. The number of methoxy groups -OCH3 is 2. The zero-order valence-corrected chi connectivity index (χ0v) is 16.8. The molecule has 0 aliphatic rings. The summed E-state index contributed by atoms with van der Waals surface area (Å²) in [5.41, 5.74) is 3.02. The van der Waals surface area contributed by atoms with Crippen LogP contribution in [0, 0.1) is 11.3 Å². The molecule has 0 saturated heterocycles. The Bertz CT molecular complexity index is 1070. The SMILES string of the molecule is CCc1ccc2nc(SCC(=O)c3ccc(OC)c(OC)c3)c(C#N)cc2c1. The molecule has 0 N–H and O–H groups in total. The number of fused-ring (bicyclic) bond motifs is 1. The van der Waals surface area contributed by atoms with Crippen LogP contribution in [0.2, 0.25) is 0 Å². The van der Waals surface area contributed by atoms with Gasteiger partial charge in [0, 0.05) is 10.9 Å². The van der Waals surface area contributed by atoms with Crippen LogP contribution in [0.3, 0.4) is 0 Å². The number of thioether (sulfide) groups is 1. The Balaban J connectivity index is 1.83. The highest BCUT2D eigenvalue weighted by molar-refractivity contribution is 8.00. The van der Waals surface area contributed by atoms with Crippen LogP contribution in [0.15, 0.2) is 47.5 Å². The number of aryl methyl sites for hydroxylation is 1. The molecule has 0 aliphatic heterocycles. The molecule has 0 fully saturated rings. The van der Waals surface area contributed by atoms with Crippen LogP contribution >= 0.6 is 11.8 Å². The zero-order chi connectivity index (χ0) is 20.1. The smallest absolute Gasteiger partial charge is 0.173 e. The molecule has 3 aromatic rings. The number of hydrogen-bond donors (Lipinski definition) is 0. The van der Waals surface area contributed by atoms with Gasteiger partial charge in [-0.2, -0.15) is 5.26 Å². The summed E-state index contributed by atoms with van der Waals surface area (Å²) in [7, 11) is 3.08. The van der Waals surface area contributed by atoms with Crippen LogP contribution in [0.4, 0.5) is 0 Å². The van der Waals surface area contributed by atoms with E-state index in [4.69, 9.17) is 9.47 Å². The van der Waals surface area contributed by atoms with Crippen molar-refractivity contribution in [2.24, 2.45) is 0 Å². The molecular weight excluding hydrogens is 372 g/mol. The minimum atomic E-state index is -0.0712. The van der Waals surface area contributed by atoms with Gasteiger partial charge >= 0.3 is 0 Å². The first kappa shape index (κ1) is 19.7. The van der Waals surface area contributed by atoms with Crippen molar-refractivity contribution in [1.29, 1.82) is 5.26 Å².